The zero-order valence-corrected chi connectivity index (χ0v) is 23.8. The van der Waals surface area contributed by atoms with Gasteiger partial charge in [-0.2, -0.15) is 0 Å². The number of carbonyl (C=O) groups is 4. The predicted molar refractivity (Wildman–Crippen MR) is 144 cm³/mol. The first kappa shape index (κ1) is 32.7. The van der Waals surface area contributed by atoms with Gasteiger partial charge in [-0.3, -0.25) is 14.4 Å². The number of nitrogens with zero attached hydrogens (tertiary/aromatic N) is 1. The van der Waals surface area contributed by atoms with Crippen molar-refractivity contribution in [1.82, 2.24) is 15.5 Å². The summed E-state index contributed by atoms with van der Waals surface area (Å²) in [5.41, 5.74) is -0.385. The van der Waals surface area contributed by atoms with Gasteiger partial charge >= 0.3 is 12.1 Å². The van der Waals surface area contributed by atoms with Gasteiger partial charge in [0.15, 0.2) is 0 Å². The van der Waals surface area contributed by atoms with Crippen LogP contribution in [0.4, 0.5) is 4.79 Å². The predicted octanol–water partition coefficient (Wildman–Crippen LogP) is 4.07. The molecule has 0 aliphatic rings. The Hall–Kier alpha value is -3.30. The molecule has 0 aliphatic heterocycles. The third-order valence-corrected chi connectivity index (χ3v) is 5.61. The first-order valence-electron chi connectivity index (χ1n) is 13.2. The molecule has 0 fully saturated rings. The zero-order chi connectivity index (χ0) is 28.9. The van der Waals surface area contributed by atoms with Gasteiger partial charge in [0.2, 0.25) is 11.8 Å². The normalized spacial score (nSPS) is 12.8. The number of unbranched alkanes of at least 4 members (excludes halogenated alkanes) is 3. The highest BCUT2D eigenvalue weighted by Crippen LogP contribution is 2.27. The van der Waals surface area contributed by atoms with E-state index >= 15 is 0 Å². The summed E-state index contributed by atoms with van der Waals surface area (Å²) in [5.74, 6) is -1.73. The van der Waals surface area contributed by atoms with Crippen LogP contribution in [0.25, 0.3) is 0 Å². The minimum absolute atomic E-state index is 0.0493. The van der Waals surface area contributed by atoms with Gasteiger partial charge in [0, 0.05) is 6.54 Å². The number of ether oxygens (including phenoxy) is 2. The molecular formula is C28H45N3O7. The number of alkyl carbamates (subject to hydrolysis) is 1. The summed E-state index contributed by atoms with van der Waals surface area (Å²) < 4.78 is 10.0. The molecule has 1 aromatic carbocycles. The van der Waals surface area contributed by atoms with Crippen LogP contribution in [0, 0.1) is 5.92 Å². The molecule has 2 unspecified atom stereocenters. The Morgan fingerprint density at radius 2 is 1.76 bits per heavy atom. The maximum Gasteiger partial charge on any atom is 0.408 e. The number of hydrogen-bond donors (Lipinski definition) is 3. The third-order valence-electron chi connectivity index (χ3n) is 5.61. The van der Waals surface area contributed by atoms with Gasteiger partial charge in [0.05, 0.1) is 7.11 Å². The molecule has 0 saturated heterocycles. The van der Waals surface area contributed by atoms with Crippen LogP contribution in [-0.4, -0.2) is 65.7 Å². The number of esters is 1. The minimum atomic E-state index is -1.16. The zero-order valence-electron chi connectivity index (χ0n) is 23.8. The van der Waals surface area contributed by atoms with Crippen molar-refractivity contribution in [3.63, 3.8) is 0 Å². The molecule has 3 amide bonds. The Morgan fingerprint density at radius 1 is 1.08 bits per heavy atom. The van der Waals surface area contributed by atoms with E-state index in [1.807, 2.05) is 13.8 Å². The summed E-state index contributed by atoms with van der Waals surface area (Å²) in [6, 6.07) is 3.97. The van der Waals surface area contributed by atoms with Crippen molar-refractivity contribution in [2.45, 2.75) is 91.3 Å². The molecule has 3 N–H and O–H groups in total. The third kappa shape index (κ3) is 11.8. The Kier molecular flexibility index (Phi) is 13.6. The molecule has 0 spiro atoms. The smallest absolute Gasteiger partial charge is 0.408 e. The number of benzene rings is 1. The minimum Gasteiger partial charge on any atom is -0.508 e. The highest BCUT2D eigenvalue weighted by atomic mass is 16.6. The summed E-state index contributed by atoms with van der Waals surface area (Å²) in [4.78, 5) is 53.3. The first-order valence-corrected chi connectivity index (χ1v) is 13.2. The summed E-state index contributed by atoms with van der Waals surface area (Å²) in [7, 11) is 1.21. The molecule has 0 aromatic heterocycles. The number of aromatic hydroxyl groups is 1. The van der Waals surface area contributed by atoms with E-state index in [4.69, 9.17) is 4.74 Å². The number of phenols is 1. The number of carbonyl (C=O) groups excluding carboxylic acids is 4. The summed E-state index contributed by atoms with van der Waals surface area (Å²) >= 11 is 0. The first-order chi connectivity index (χ1) is 17.8. The van der Waals surface area contributed by atoms with Gasteiger partial charge in [-0.25, -0.2) is 4.79 Å². The molecule has 10 heteroatoms. The highest BCUT2D eigenvalue weighted by molar-refractivity contribution is 5.93. The fraction of sp³-hybridized carbons (Fsp3) is 0.643. The summed E-state index contributed by atoms with van der Waals surface area (Å²) in [5, 5.41) is 15.4. The molecule has 10 nitrogen and oxygen atoms in total. The van der Waals surface area contributed by atoms with E-state index in [0.717, 1.165) is 19.3 Å². The number of methoxy groups -OCH3 is 1. The average Bonchev–Trinajstić information content (AvgIpc) is 2.81. The monoisotopic (exact) mass is 535 g/mol. The quantitative estimate of drug-likeness (QED) is 0.241. The molecule has 0 aliphatic carbocycles. The topological polar surface area (TPSA) is 134 Å². The van der Waals surface area contributed by atoms with Crippen LogP contribution in [0.2, 0.25) is 0 Å². The van der Waals surface area contributed by atoms with Crippen molar-refractivity contribution in [3.8, 4) is 5.75 Å². The molecule has 0 heterocycles. The standard InChI is InChI=1S/C28H45N3O7/c1-8-9-10-11-15-31(26(35)22(16-19(2)3)30-27(36)38-28(4,5)6)24(20-13-12-14-21(32)17-20)25(34)29-18-23(33)37-7/h12-14,17,19,22,24,32H,8-11,15-16,18H2,1-7H3,(H,29,34)(H,30,36). The highest BCUT2D eigenvalue weighted by Gasteiger charge is 2.36. The lowest BCUT2D eigenvalue weighted by Gasteiger charge is -2.35. The molecule has 1 rings (SSSR count). The van der Waals surface area contributed by atoms with Crippen LogP contribution in [0.3, 0.4) is 0 Å². The Labute approximate surface area is 226 Å². The molecule has 0 bridgehead atoms. The average molecular weight is 536 g/mol. The van der Waals surface area contributed by atoms with Crippen molar-refractivity contribution < 1.29 is 33.8 Å². The Bertz CT molecular complexity index is 927. The van der Waals surface area contributed by atoms with Crippen LogP contribution in [-0.2, 0) is 23.9 Å². The van der Waals surface area contributed by atoms with Gasteiger partial charge in [0.25, 0.3) is 0 Å². The molecule has 0 saturated carbocycles. The van der Waals surface area contributed by atoms with E-state index in [1.54, 1.807) is 32.9 Å². The molecule has 214 valence electrons. The van der Waals surface area contributed by atoms with Crippen molar-refractivity contribution in [3.05, 3.63) is 29.8 Å². The molecule has 1 aromatic rings. The van der Waals surface area contributed by atoms with E-state index in [2.05, 4.69) is 22.3 Å². The van der Waals surface area contributed by atoms with E-state index in [9.17, 15) is 24.3 Å². The SMILES string of the molecule is CCCCCCN(C(=O)C(CC(C)C)NC(=O)OC(C)(C)C)C(C(=O)NCC(=O)OC)c1cccc(O)c1. The Balaban J connectivity index is 3.48. The number of amides is 3. The van der Waals surface area contributed by atoms with Crippen molar-refractivity contribution in [2.24, 2.45) is 5.92 Å². The van der Waals surface area contributed by atoms with Crippen LogP contribution < -0.4 is 10.6 Å². The van der Waals surface area contributed by atoms with E-state index in [0.29, 0.717) is 18.4 Å². The Morgan fingerprint density at radius 3 is 2.32 bits per heavy atom. The second kappa shape index (κ2) is 15.8. The maximum atomic E-state index is 14.1. The number of hydrogen-bond acceptors (Lipinski definition) is 7. The van der Waals surface area contributed by atoms with E-state index < -0.39 is 41.6 Å². The van der Waals surface area contributed by atoms with E-state index in [1.165, 1.54) is 24.1 Å². The van der Waals surface area contributed by atoms with Crippen molar-refractivity contribution in [2.75, 3.05) is 20.2 Å². The van der Waals surface area contributed by atoms with Gasteiger partial charge in [-0.15, -0.1) is 0 Å². The fourth-order valence-corrected chi connectivity index (χ4v) is 3.91. The van der Waals surface area contributed by atoms with Gasteiger partial charge < -0.3 is 30.1 Å². The second-order valence-corrected chi connectivity index (χ2v) is 10.7. The van der Waals surface area contributed by atoms with Gasteiger partial charge in [-0.05, 0) is 57.2 Å². The lowest BCUT2D eigenvalue weighted by atomic mass is 9.98. The molecule has 38 heavy (non-hydrogen) atoms. The molecule has 0 radical (unpaired) electrons. The number of phenolic OH excluding ortho intramolecular Hbond substituents is 1. The molecule has 2 atom stereocenters. The van der Waals surface area contributed by atoms with Crippen molar-refractivity contribution >= 4 is 23.9 Å². The van der Waals surface area contributed by atoms with E-state index in [-0.39, 0.29) is 24.8 Å². The summed E-state index contributed by atoms with van der Waals surface area (Å²) in [6.07, 6.45) is 3.00. The van der Waals surface area contributed by atoms with Crippen LogP contribution in [0.1, 0.15) is 85.3 Å². The lowest BCUT2D eigenvalue weighted by Crippen LogP contribution is -2.54. The summed E-state index contributed by atoms with van der Waals surface area (Å²) in [6.45, 7) is 11.0. The maximum absolute atomic E-state index is 14.1. The molecular weight excluding hydrogens is 490 g/mol. The van der Waals surface area contributed by atoms with Gasteiger partial charge in [0.1, 0.15) is 30.0 Å². The van der Waals surface area contributed by atoms with Crippen LogP contribution in [0.5, 0.6) is 5.75 Å². The largest absolute Gasteiger partial charge is 0.508 e. The van der Waals surface area contributed by atoms with Crippen molar-refractivity contribution in [1.29, 1.82) is 0 Å². The second-order valence-electron chi connectivity index (χ2n) is 10.7. The number of rotatable bonds is 14. The van der Waals surface area contributed by atoms with Crippen LogP contribution >= 0.6 is 0 Å². The van der Waals surface area contributed by atoms with Crippen LogP contribution in [0.15, 0.2) is 24.3 Å². The lowest BCUT2D eigenvalue weighted by molar-refractivity contribution is -0.145. The number of nitrogens with one attached hydrogen (secondary N) is 2. The van der Waals surface area contributed by atoms with Gasteiger partial charge in [-0.1, -0.05) is 52.2 Å². The fourth-order valence-electron chi connectivity index (χ4n) is 3.91.